The topological polar surface area (TPSA) is 82.9 Å². The predicted octanol–water partition coefficient (Wildman–Crippen LogP) is 3.69. The van der Waals surface area contributed by atoms with Crippen molar-refractivity contribution >= 4 is 17.8 Å². The third-order valence-corrected chi connectivity index (χ3v) is 8.52. The number of nitrogens with zero attached hydrogens (tertiary/aromatic N) is 2. The normalized spacial score (nSPS) is 33.1. The van der Waals surface area contributed by atoms with Gasteiger partial charge in [0.1, 0.15) is 17.8 Å². The van der Waals surface area contributed by atoms with Crippen molar-refractivity contribution in [1.82, 2.24) is 15.1 Å². The number of hydrogen-bond donors (Lipinski definition) is 1. The molecule has 7 heteroatoms. The van der Waals surface area contributed by atoms with E-state index in [1.807, 2.05) is 30.9 Å². The molecule has 1 N–H and O–H groups in total. The molecule has 4 saturated carbocycles. The van der Waals surface area contributed by atoms with Gasteiger partial charge < -0.3 is 14.6 Å². The molecule has 1 aromatic heterocycles. The molecular formula is C24H33N3O4. The number of imide groups is 1. The van der Waals surface area contributed by atoms with Gasteiger partial charge in [0, 0.05) is 5.54 Å². The molecule has 4 aliphatic carbocycles. The zero-order valence-corrected chi connectivity index (χ0v) is 18.6. The molecule has 6 rings (SSSR count). The molecule has 5 aliphatic rings. The molecule has 0 spiro atoms. The van der Waals surface area contributed by atoms with E-state index in [1.54, 1.807) is 6.26 Å². The van der Waals surface area contributed by atoms with Gasteiger partial charge in [-0.3, -0.25) is 14.5 Å². The highest BCUT2D eigenvalue weighted by Crippen LogP contribution is 2.58. The summed E-state index contributed by atoms with van der Waals surface area (Å²) in [7, 11) is 0. The molecule has 5 fully saturated rings. The second kappa shape index (κ2) is 7.38. The highest BCUT2D eigenvalue weighted by atomic mass is 16.3. The first-order chi connectivity index (χ1) is 14.9. The third kappa shape index (κ3) is 3.28. The van der Waals surface area contributed by atoms with Crippen molar-refractivity contribution in [1.29, 1.82) is 0 Å². The van der Waals surface area contributed by atoms with E-state index in [0.717, 1.165) is 29.9 Å². The van der Waals surface area contributed by atoms with Crippen LogP contribution < -0.4 is 5.32 Å². The van der Waals surface area contributed by atoms with Gasteiger partial charge >= 0.3 is 6.03 Å². The number of carbonyl (C=O) groups is 3. The van der Waals surface area contributed by atoms with Crippen LogP contribution in [0.3, 0.4) is 0 Å². The molecule has 0 atom stereocenters. The maximum absolute atomic E-state index is 13.7. The van der Waals surface area contributed by atoms with Crippen molar-refractivity contribution in [2.75, 3.05) is 6.54 Å². The lowest BCUT2D eigenvalue weighted by Gasteiger charge is -2.60. The summed E-state index contributed by atoms with van der Waals surface area (Å²) in [5.74, 6) is 2.37. The maximum atomic E-state index is 13.7. The Kier molecular flexibility index (Phi) is 4.90. The molecule has 0 unspecified atom stereocenters. The Balaban J connectivity index is 1.42. The molecular weight excluding hydrogens is 394 g/mol. The fourth-order valence-corrected chi connectivity index (χ4v) is 7.24. The second-order valence-electron chi connectivity index (χ2n) is 10.3. The number of nitrogens with one attached hydrogen (secondary N) is 1. The summed E-state index contributed by atoms with van der Waals surface area (Å²) < 4.78 is 5.60. The van der Waals surface area contributed by atoms with Crippen molar-refractivity contribution in [3.05, 3.63) is 24.2 Å². The zero-order chi connectivity index (χ0) is 21.8. The Bertz CT molecular complexity index is 838. The van der Waals surface area contributed by atoms with E-state index in [9.17, 15) is 14.4 Å². The molecule has 1 saturated heterocycles. The minimum atomic E-state index is -0.885. The van der Waals surface area contributed by atoms with Crippen LogP contribution in [0.4, 0.5) is 4.79 Å². The molecule has 168 valence electrons. The summed E-state index contributed by atoms with van der Waals surface area (Å²) in [6, 6.07) is 3.28. The van der Waals surface area contributed by atoms with Gasteiger partial charge in [-0.25, -0.2) is 4.79 Å². The van der Waals surface area contributed by atoms with Gasteiger partial charge in [-0.15, -0.1) is 0 Å². The van der Waals surface area contributed by atoms with Gasteiger partial charge in [0.25, 0.3) is 5.91 Å². The van der Waals surface area contributed by atoms with E-state index in [1.165, 1.54) is 19.3 Å². The van der Waals surface area contributed by atoms with Gasteiger partial charge in [-0.2, -0.15) is 0 Å². The number of rotatable bonds is 7. The molecule has 7 nitrogen and oxygen atoms in total. The van der Waals surface area contributed by atoms with Crippen molar-refractivity contribution in [3.8, 4) is 0 Å². The summed E-state index contributed by atoms with van der Waals surface area (Å²) in [5, 5.41) is 2.84. The summed E-state index contributed by atoms with van der Waals surface area (Å²) in [4.78, 5) is 42.5. The Morgan fingerprint density at radius 1 is 1.13 bits per heavy atom. The standard InChI is InChI=1S/C24H33N3O4/c1-3-24(4-2)21(29)26(22(30)25-24)15-20(28)27(14-19-6-5-7-31-19)23-11-16-8-17(12-23)10-18(9-16)13-23/h5-7,16-18H,3-4,8-15H2,1-2H3,(H,25,30). The van der Waals surface area contributed by atoms with Crippen molar-refractivity contribution in [3.63, 3.8) is 0 Å². The van der Waals surface area contributed by atoms with Crippen LogP contribution in [0.2, 0.25) is 0 Å². The highest BCUT2D eigenvalue weighted by Gasteiger charge is 2.56. The van der Waals surface area contributed by atoms with Crippen molar-refractivity contribution in [2.45, 2.75) is 82.8 Å². The third-order valence-electron chi connectivity index (χ3n) is 8.52. The molecule has 4 amide bonds. The van der Waals surface area contributed by atoms with E-state index in [0.29, 0.717) is 37.1 Å². The molecule has 31 heavy (non-hydrogen) atoms. The molecule has 1 aromatic rings. The van der Waals surface area contributed by atoms with Gasteiger partial charge in [0.2, 0.25) is 5.91 Å². The number of carbonyl (C=O) groups excluding carboxylic acids is 3. The quantitative estimate of drug-likeness (QED) is 0.673. The van der Waals surface area contributed by atoms with E-state index >= 15 is 0 Å². The largest absolute Gasteiger partial charge is 0.467 e. The predicted molar refractivity (Wildman–Crippen MR) is 114 cm³/mol. The number of hydrogen-bond acceptors (Lipinski definition) is 4. The van der Waals surface area contributed by atoms with Crippen LogP contribution in [0, 0.1) is 17.8 Å². The number of amides is 4. The summed E-state index contributed by atoms with van der Waals surface area (Å²) in [5.41, 5.74) is -1.06. The average Bonchev–Trinajstić information content (AvgIpc) is 3.33. The first-order valence-electron chi connectivity index (χ1n) is 11.8. The lowest BCUT2D eigenvalue weighted by atomic mass is 9.52. The Labute approximate surface area is 183 Å². The van der Waals surface area contributed by atoms with Crippen LogP contribution in [-0.2, 0) is 16.1 Å². The lowest BCUT2D eigenvalue weighted by Crippen LogP contribution is -2.62. The van der Waals surface area contributed by atoms with E-state index in [-0.39, 0.29) is 23.9 Å². The molecule has 4 bridgehead atoms. The van der Waals surface area contributed by atoms with Crippen LogP contribution in [0.15, 0.2) is 22.8 Å². The smallest absolute Gasteiger partial charge is 0.325 e. The van der Waals surface area contributed by atoms with Gasteiger partial charge in [0.15, 0.2) is 0 Å². The average molecular weight is 428 g/mol. The van der Waals surface area contributed by atoms with Gasteiger partial charge in [0.05, 0.1) is 12.8 Å². The lowest BCUT2D eigenvalue weighted by molar-refractivity contribution is -0.155. The SMILES string of the molecule is CCC1(CC)NC(=O)N(CC(=O)N(Cc2ccco2)C23CC4CC(CC(C4)C2)C3)C1=O. The van der Waals surface area contributed by atoms with E-state index < -0.39 is 11.6 Å². The Hall–Kier alpha value is -2.31. The minimum Gasteiger partial charge on any atom is -0.467 e. The van der Waals surface area contributed by atoms with Gasteiger partial charge in [-0.05, 0) is 81.3 Å². The Morgan fingerprint density at radius 3 is 2.23 bits per heavy atom. The van der Waals surface area contributed by atoms with Crippen molar-refractivity contribution in [2.24, 2.45) is 17.8 Å². The number of urea groups is 1. The first-order valence-corrected chi connectivity index (χ1v) is 11.8. The van der Waals surface area contributed by atoms with Crippen LogP contribution in [0.1, 0.15) is 71.0 Å². The van der Waals surface area contributed by atoms with Crippen LogP contribution in [-0.4, -0.2) is 45.3 Å². The highest BCUT2D eigenvalue weighted by molar-refractivity contribution is 6.09. The summed E-state index contributed by atoms with van der Waals surface area (Å²) in [6.07, 6.45) is 9.59. The fourth-order valence-electron chi connectivity index (χ4n) is 7.24. The number of furan rings is 1. The summed E-state index contributed by atoms with van der Waals surface area (Å²) >= 11 is 0. The van der Waals surface area contributed by atoms with E-state index in [2.05, 4.69) is 5.32 Å². The Morgan fingerprint density at radius 2 is 1.74 bits per heavy atom. The zero-order valence-electron chi connectivity index (χ0n) is 18.6. The van der Waals surface area contributed by atoms with Crippen LogP contribution >= 0.6 is 0 Å². The van der Waals surface area contributed by atoms with Crippen LogP contribution in [0.25, 0.3) is 0 Å². The van der Waals surface area contributed by atoms with Crippen LogP contribution in [0.5, 0.6) is 0 Å². The fraction of sp³-hybridized carbons (Fsp3) is 0.708. The van der Waals surface area contributed by atoms with Crippen molar-refractivity contribution < 1.29 is 18.8 Å². The molecule has 0 aromatic carbocycles. The molecule has 0 radical (unpaired) electrons. The molecule has 1 aliphatic heterocycles. The monoisotopic (exact) mass is 427 g/mol. The maximum Gasteiger partial charge on any atom is 0.325 e. The molecule has 2 heterocycles. The second-order valence-corrected chi connectivity index (χ2v) is 10.3. The minimum absolute atomic E-state index is 0.148. The van der Waals surface area contributed by atoms with Gasteiger partial charge in [-0.1, -0.05) is 13.8 Å². The summed E-state index contributed by atoms with van der Waals surface area (Å²) in [6.45, 7) is 3.99. The first kappa shape index (κ1) is 20.6. The van der Waals surface area contributed by atoms with E-state index in [4.69, 9.17) is 4.42 Å².